The fourth-order valence-corrected chi connectivity index (χ4v) is 11.3. The highest BCUT2D eigenvalue weighted by Gasteiger charge is 2.41. The number of nitrogens with zero attached hydrogens (tertiary/aromatic N) is 3. The molecular weight excluding hydrogens is 1570 g/mol. The number of aryl methyl sites for hydroxylation is 2. The Hall–Kier alpha value is -6.57. The Morgan fingerprint density at radius 2 is 1.07 bits per heavy atom. The maximum absolute atomic E-state index is 14.7. The number of aromatic hydroxyl groups is 2. The van der Waals surface area contributed by atoms with E-state index < -0.39 is 94.9 Å². The van der Waals surface area contributed by atoms with Crippen molar-refractivity contribution in [2.24, 2.45) is 0 Å². The first-order valence-corrected chi connectivity index (χ1v) is 32.9. The molecule has 2 amide bonds. The molecule has 0 aromatic heterocycles. The first-order valence-electron chi connectivity index (χ1n) is 31.0. The number of rotatable bonds is 10. The van der Waals surface area contributed by atoms with E-state index in [0.29, 0.717) is 88.1 Å². The lowest BCUT2D eigenvalue weighted by Crippen LogP contribution is -2.61. The van der Waals surface area contributed by atoms with Crippen LogP contribution in [-0.2, 0) is 36.3 Å². The number of halogens is 17. The third-order valence-electron chi connectivity index (χ3n) is 15.2. The Morgan fingerprint density at radius 1 is 0.644 bits per heavy atom. The molecule has 7 N–H and O–H groups in total. The van der Waals surface area contributed by atoms with Crippen molar-refractivity contribution in [3.63, 3.8) is 0 Å². The Labute approximate surface area is 619 Å². The number of phenolic OH excluding ortho intramolecular Hbond substituents is 2. The Bertz CT molecular complexity index is 3530. The molecule has 4 aliphatic heterocycles. The normalized spacial score (nSPS) is 19.0. The molecular formula is C69H77Cl5F11IN6O9. The second-order valence-corrected chi connectivity index (χ2v) is 24.8. The predicted octanol–water partition coefficient (Wildman–Crippen LogP) is 16.8. The molecule has 4 saturated heterocycles. The quantitative estimate of drug-likeness (QED) is 0.0171. The molecule has 0 bridgehead atoms. The molecule has 101 heavy (non-hydrogen) atoms. The van der Waals surface area contributed by atoms with E-state index in [0.717, 1.165) is 43.3 Å². The largest absolute Gasteiger partial charge is 0.505 e. The van der Waals surface area contributed by atoms with Crippen molar-refractivity contribution in [1.29, 1.82) is 0 Å². The average Bonchev–Trinajstić information content (AvgIpc) is 0.824. The topological polar surface area (TPSA) is 204 Å². The Morgan fingerprint density at radius 3 is 1.49 bits per heavy atom. The molecule has 0 saturated carbocycles. The molecule has 0 radical (unpaired) electrons. The van der Waals surface area contributed by atoms with Crippen LogP contribution in [0.1, 0.15) is 81.5 Å². The molecule has 0 spiro atoms. The number of ether oxygens (including phenoxy) is 1. The summed E-state index contributed by atoms with van der Waals surface area (Å²) in [7, 11) is 0. The number of Topliss-reactive ketones (excluding diaryl/α,β-unsaturated/α-hetero) is 1. The minimum absolute atomic E-state index is 0. The van der Waals surface area contributed by atoms with Crippen molar-refractivity contribution in [2.75, 3.05) is 61.4 Å². The van der Waals surface area contributed by atoms with Gasteiger partial charge in [-0.2, -0.15) is 30.7 Å². The average molecular weight is 1650 g/mol. The van der Waals surface area contributed by atoms with Crippen molar-refractivity contribution < 1.29 is 92.6 Å². The molecule has 4 heterocycles. The maximum Gasteiger partial charge on any atom is 0.416 e. The van der Waals surface area contributed by atoms with Gasteiger partial charge in [-0.1, -0.05) is 100 Å². The maximum atomic E-state index is 14.7. The zero-order valence-corrected chi connectivity index (χ0v) is 61.1. The van der Waals surface area contributed by atoms with E-state index in [1.807, 2.05) is 11.8 Å². The van der Waals surface area contributed by atoms with Gasteiger partial charge in [-0.15, -0.1) is 30.6 Å². The van der Waals surface area contributed by atoms with Gasteiger partial charge in [-0.3, -0.25) is 14.4 Å². The van der Waals surface area contributed by atoms with E-state index in [2.05, 4.69) is 27.3 Å². The van der Waals surface area contributed by atoms with Gasteiger partial charge in [-0.25, -0.2) is 22.4 Å². The minimum Gasteiger partial charge on any atom is -0.505 e. The molecule has 10 rings (SSSR count). The van der Waals surface area contributed by atoms with E-state index in [9.17, 15) is 77.7 Å². The number of benzene rings is 6. The number of alkyl halides is 7. The number of carbonyl (C=O) groups excluding carboxylic acids is 4. The van der Waals surface area contributed by atoms with E-state index in [4.69, 9.17) is 68.2 Å². The van der Waals surface area contributed by atoms with Crippen molar-refractivity contribution in [2.45, 2.75) is 128 Å². The van der Waals surface area contributed by atoms with E-state index >= 15 is 0 Å². The van der Waals surface area contributed by atoms with Crippen LogP contribution in [-0.4, -0.2) is 142 Å². The zero-order chi connectivity index (χ0) is 74.9. The Balaban J connectivity index is 0.000000345. The standard InChI is InChI=1S/C24H26ClF4N3O2.C17H21ClF3N3O2.C7H6ClF.C6H3Cl2F.C6H9FO3.C6H5FO2.C3H6.HI/c1-14-4-2-6-19(22(14)26)31-9-7-21(33)20(13-31)32-8-3-5-18(23(32)34)30-17-11-15(24(27,28)29)10-16(25)12-17;18-11-6-10(17(19,20)21)7-12(8-11)23-13-2-1-5-24(16(13)26)14-9-22-4-3-15(14)25;1-5-3-2-4-6(8)7(5)9;7-4-2-1-3-5(8)6(4)9;1-3-10-6(9)5(7)4(2)8;7-6-4(8)2-1-3-5(6)9;1-3-2;/h2,4,6,10-12,18,20-21,30,33H,3,5,7-9,13H2,1H3;6-8,13-15,22-23,25H,1-5,9H2;2-4H,1H3;1-3H;5H,3H2,1-2H3;1-3,8-9H;3H,1H2,2H3;1H/t18-,20+,21+;13-,14+,15+;;;;;;/m11....../s1. The van der Waals surface area contributed by atoms with Gasteiger partial charge in [0.1, 0.15) is 23.7 Å². The van der Waals surface area contributed by atoms with E-state index in [1.54, 1.807) is 73.0 Å². The third kappa shape index (κ3) is 27.5. The van der Waals surface area contributed by atoms with Gasteiger partial charge in [0, 0.05) is 54.1 Å². The van der Waals surface area contributed by atoms with E-state index in [-0.39, 0.29) is 103 Å². The highest BCUT2D eigenvalue weighted by atomic mass is 127. The number of carbonyl (C=O) groups is 4. The summed E-state index contributed by atoms with van der Waals surface area (Å²) in [5.41, 5.74) is 0.0241. The summed E-state index contributed by atoms with van der Waals surface area (Å²) in [6, 6.07) is 22.2. The summed E-state index contributed by atoms with van der Waals surface area (Å²) in [5.74, 6) is -5.69. The number of anilines is 3. The summed E-state index contributed by atoms with van der Waals surface area (Å²) < 4.78 is 147. The van der Waals surface area contributed by atoms with Crippen LogP contribution < -0.4 is 20.9 Å². The van der Waals surface area contributed by atoms with Crippen LogP contribution in [0.25, 0.3) is 0 Å². The van der Waals surface area contributed by atoms with Crippen LogP contribution in [0.4, 0.5) is 65.4 Å². The number of phenols is 2. The monoisotopic (exact) mass is 1640 g/mol. The molecule has 32 heteroatoms. The Kier molecular flexibility index (Phi) is 37.1. The van der Waals surface area contributed by atoms with Gasteiger partial charge >= 0.3 is 18.3 Å². The summed E-state index contributed by atoms with van der Waals surface area (Å²) in [4.78, 5) is 51.7. The molecule has 556 valence electrons. The molecule has 7 atom stereocenters. The fourth-order valence-electron chi connectivity index (χ4n) is 10.2. The van der Waals surface area contributed by atoms with Crippen molar-refractivity contribution in [1.82, 2.24) is 15.1 Å². The number of aliphatic hydroxyl groups excluding tert-OH is 2. The molecule has 1 unspecified atom stereocenters. The smallest absolute Gasteiger partial charge is 0.416 e. The molecule has 0 aliphatic carbocycles. The number of nitrogens with one attached hydrogen (secondary N) is 3. The number of esters is 1. The van der Waals surface area contributed by atoms with Gasteiger partial charge in [0.15, 0.2) is 23.1 Å². The highest BCUT2D eigenvalue weighted by Crippen LogP contribution is 2.37. The number of amides is 2. The first kappa shape index (κ1) is 88.6. The van der Waals surface area contributed by atoms with Gasteiger partial charge < -0.3 is 55.8 Å². The van der Waals surface area contributed by atoms with Crippen LogP contribution >= 0.6 is 82.0 Å². The lowest BCUT2D eigenvalue weighted by Gasteiger charge is -2.45. The first-order chi connectivity index (χ1) is 46.9. The van der Waals surface area contributed by atoms with E-state index in [1.165, 1.54) is 36.4 Å². The SMILES string of the molecule is C=CC.CCOC(=O)C(F)C(C)=O.Cc1cccc(Cl)c1F.Cc1cccc(N2CC[C@H](O)[C@@H](N3CCC[C@@H](Nc4cc(Cl)cc(C(F)(F)F)c4)C3=O)C2)c1F.Fc1c(Cl)cccc1Cl.I.O=C1[C@H](Nc2cc(Cl)cc(C(F)(F)F)c2)CCCN1[C@H]1CNCC[C@@H]1O.Oc1cccc(O)c1F. The lowest BCUT2D eigenvalue weighted by atomic mass is 9.95. The van der Waals surface area contributed by atoms with Crippen molar-refractivity contribution in [3.8, 4) is 11.5 Å². The van der Waals surface area contributed by atoms with Crippen molar-refractivity contribution in [3.05, 3.63) is 192 Å². The molecule has 15 nitrogen and oxygen atoms in total. The number of piperidine rings is 4. The lowest BCUT2D eigenvalue weighted by molar-refractivity contribution is -0.152. The van der Waals surface area contributed by atoms with Gasteiger partial charge in [-0.05, 0) is 164 Å². The van der Waals surface area contributed by atoms with Crippen LogP contribution in [0, 0.1) is 37.1 Å². The van der Waals surface area contributed by atoms with Gasteiger partial charge in [0.25, 0.3) is 6.17 Å². The van der Waals surface area contributed by atoms with Gasteiger partial charge in [0.05, 0.1) is 62.8 Å². The highest BCUT2D eigenvalue weighted by molar-refractivity contribution is 14.0. The predicted molar refractivity (Wildman–Crippen MR) is 380 cm³/mol. The minimum atomic E-state index is -4.56. The van der Waals surface area contributed by atoms with Crippen molar-refractivity contribution >= 4 is 123 Å². The van der Waals surface area contributed by atoms with Crippen LogP contribution in [0.5, 0.6) is 11.5 Å². The summed E-state index contributed by atoms with van der Waals surface area (Å²) >= 11 is 27.8. The van der Waals surface area contributed by atoms with Crippen LogP contribution in [0.2, 0.25) is 25.1 Å². The number of hydrogen-bond donors (Lipinski definition) is 7. The molecule has 6 aromatic carbocycles. The molecule has 4 fully saturated rings. The number of allylic oxidation sites excluding steroid dienone is 1. The van der Waals surface area contributed by atoms with Crippen LogP contribution in [0.15, 0.2) is 122 Å². The number of hydrogen-bond acceptors (Lipinski definition) is 13. The number of aliphatic hydroxyl groups is 2. The number of likely N-dealkylation sites (tertiary alicyclic amines) is 2. The fraction of sp³-hybridized carbons (Fsp3) is 0.391. The summed E-state index contributed by atoms with van der Waals surface area (Å²) in [6.45, 7) is 14.1. The zero-order valence-electron chi connectivity index (χ0n) is 55.0. The molecule has 4 aliphatic rings. The number of ketones is 1. The molecule has 6 aromatic rings. The second kappa shape index (κ2) is 42.3. The second-order valence-electron chi connectivity index (χ2n) is 22.7. The van der Waals surface area contributed by atoms with Crippen LogP contribution in [0.3, 0.4) is 0 Å². The summed E-state index contributed by atoms with van der Waals surface area (Å²) in [6.07, 6.45) is -7.62. The van der Waals surface area contributed by atoms with Gasteiger partial charge in [0.2, 0.25) is 17.6 Å². The summed E-state index contributed by atoms with van der Waals surface area (Å²) in [5, 5.41) is 47.1. The third-order valence-corrected chi connectivity index (χ3v) is 16.5.